The Morgan fingerprint density at radius 3 is 2.67 bits per heavy atom. The minimum Gasteiger partial charge on any atom is -0.487 e. The van der Waals surface area contributed by atoms with E-state index in [1.165, 1.54) is 0 Å². The molecule has 106 valence electrons. The van der Waals surface area contributed by atoms with Gasteiger partial charge in [-0.05, 0) is 35.9 Å². The third-order valence-corrected chi connectivity index (χ3v) is 3.19. The molecule has 0 radical (unpaired) electrons. The van der Waals surface area contributed by atoms with E-state index >= 15 is 0 Å². The molecule has 0 fully saturated rings. The molecule has 4 heteroatoms. The topological polar surface area (TPSA) is 53.1 Å². The highest BCUT2D eigenvalue weighted by Gasteiger charge is 2.02. The summed E-state index contributed by atoms with van der Waals surface area (Å²) in [5.41, 5.74) is 8.60. The van der Waals surface area contributed by atoms with Crippen LogP contribution in [0.3, 0.4) is 0 Å². The first kappa shape index (κ1) is 13.4. The zero-order valence-electron chi connectivity index (χ0n) is 11.6. The zero-order valence-corrected chi connectivity index (χ0v) is 11.6. The molecule has 0 bridgehead atoms. The smallest absolute Gasteiger partial charge is 0.132 e. The Morgan fingerprint density at radius 1 is 1.00 bits per heavy atom. The lowest BCUT2D eigenvalue weighted by Crippen LogP contribution is -2.01. The summed E-state index contributed by atoms with van der Waals surface area (Å²) >= 11 is 0. The average molecular weight is 279 g/mol. The van der Waals surface area contributed by atoms with E-state index in [1.807, 2.05) is 71.5 Å². The van der Waals surface area contributed by atoms with Crippen molar-refractivity contribution >= 4 is 0 Å². The summed E-state index contributed by atoms with van der Waals surface area (Å²) in [7, 11) is 0. The van der Waals surface area contributed by atoms with Crippen LogP contribution in [-0.4, -0.2) is 9.78 Å². The standard InChI is InChI=1S/C17H17N3O/c18-12-14-5-4-8-17(11-14)21-13-15-9-10-20(19-15)16-6-2-1-3-7-16/h1-11H,12-13,18H2. The SMILES string of the molecule is NCc1cccc(OCc2ccn(-c3ccccc3)n2)c1. The predicted molar refractivity (Wildman–Crippen MR) is 82.2 cm³/mol. The quantitative estimate of drug-likeness (QED) is 0.781. The van der Waals surface area contributed by atoms with Crippen molar-refractivity contribution in [2.24, 2.45) is 5.73 Å². The minimum absolute atomic E-state index is 0.438. The van der Waals surface area contributed by atoms with Gasteiger partial charge in [0.25, 0.3) is 0 Å². The van der Waals surface area contributed by atoms with Crippen molar-refractivity contribution < 1.29 is 4.74 Å². The van der Waals surface area contributed by atoms with E-state index in [0.717, 1.165) is 22.7 Å². The Morgan fingerprint density at radius 2 is 1.86 bits per heavy atom. The first-order valence-electron chi connectivity index (χ1n) is 6.87. The molecule has 3 rings (SSSR count). The van der Waals surface area contributed by atoms with Crippen LogP contribution in [0, 0.1) is 0 Å². The fourth-order valence-electron chi connectivity index (χ4n) is 2.08. The van der Waals surface area contributed by atoms with E-state index in [1.54, 1.807) is 0 Å². The first-order valence-corrected chi connectivity index (χ1v) is 6.87. The lowest BCUT2D eigenvalue weighted by Gasteiger charge is -2.05. The molecule has 1 aromatic heterocycles. The molecule has 0 amide bonds. The molecule has 4 nitrogen and oxygen atoms in total. The third-order valence-electron chi connectivity index (χ3n) is 3.19. The first-order chi connectivity index (χ1) is 10.3. The Kier molecular flexibility index (Phi) is 3.98. The summed E-state index contributed by atoms with van der Waals surface area (Å²) in [6.45, 7) is 0.952. The van der Waals surface area contributed by atoms with Crippen LogP contribution in [-0.2, 0) is 13.2 Å². The maximum atomic E-state index is 5.75. The Bertz CT molecular complexity index is 707. The zero-order chi connectivity index (χ0) is 14.5. The lowest BCUT2D eigenvalue weighted by molar-refractivity contribution is 0.300. The van der Waals surface area contributed by atoms with Gasteiger partial charge < -0.3 is 10.5 Å². The van der Waals surface area contributed by atoms with E-state index in [2.05, 4.69) is 5.10 Å². The summed E-state index contributed by atoms with van der Waals surface area (Å²) < 4.78 is 7.59. The lowest BCUT2D eigenvalue weighted by atomic mass is 10.2. The van der Waals surface area contributed by atoms with Crippen molar-refractivity contribution in [3.05, 3.63) is 78.1 Å². The van der Waals surface area contributed by atoms with Gasteiger partial charge in [0.15, 0.2) is 0 Å². The van der Waals surface area contributed by atoms with Crippen LogP contribution in [0.5, 0.6) is 5.75 Å². The maximum absolute atomic E-state index is 5.75. The van der Waals surface area contributed by atoms with Crippen LogP contribution >= 0.6 is 0 Å². The minimum atomic E-state index is 0.438. The number of benzene rings is 2. The van der Waals surface area contributed by atoms with Gasteiger partial charge in [-0.3, -0.25) is 0 Å². The van der Waals surface area contributed by atoms with Crippen molar-refractivity contribution in [1.82, 2.24) is 9.78 Å². The van der Waals surface area contributed by atoms with Crippen molar-refractivity contribution in [2.75, 3.05) is 0 Å². The van der Waals surface area contributed by atoms with E-state index < -0.39 is 0 Å². The van der Waals surface area contributed by atoms with Crippen molar-refractivity contribution in [1.29, 1.82) is 0 Å². The monoisotopic (exact) mass is 279 g/mol. The van der Waals surface area contributed by atoms with Crippen molar-refractivity contribution in [3.8, 4) is 11.4 Å². The average Bonchev–Trinajstić information content (AvgIpc) is 3.03. The molecule has 0 saturated heterocycles. The molecule has 0 unspecified atom stereocenters. The van der Waals surface area contributed by atoms with E-state index in [0.29, 0.717) is 13.2 Å². The van der Waals surface area contributed by atoms with Gasteiger partial charge in [-0.15, -0.1) is 0 Å². The maximum Gasteiger partial charge on any atom is 0.132 e. The highest BCUT2D eigenvalue weighted by molar-refractivity contribution is 5.31. The van der Waals surface area contributed by atoms with Crippen LogP contribution in [0.4, 0.5) is 0 Å². The Hall–Kier alpha value is -2.59. The molecule has 1 heterocycles. The number of nitrogens with two attached hydrogens (primary N) is 1. The van der Waals surface area contributed by atoms with Crippen LogP contribution in [0.2, 0.25) is 0 Å². The number of nitrogens with zero attached hydrogens (tertiary/aromatic N) is 2. The molecule has 21 heavy (non-hydrogen) atoms. The molecule has 2 aromatic carbocycles. The highest BCUT2D eigenvalue weighted by atomic mass is 16.5. The van der Waals surface area contributed by atoms with Crippen LogP contribution < -0.4 is 10.5 Å². The molecular weight excluding hydrogens is 262 g/mol. The van der Waals surface area contributed by atoms with Gasteiger partial charge in [0.2, 0.25) is 0 Å². The summed E-state index contributed by atoms with van der Waals surface area (Å²) in [6, 6.07) is 19.8. The fourth-order valence-corrected chi connectivity index (χ4v) is 2.08. The number of hydrogen-bond donors (Lipinski definition) is 1. The molecule has 0 aliphatic heterocycles. The van der Waals surface area contributed by atoms with Crippen LogP contribution in [0.15, 0.2) is 66.9 Å². The molecular formula is C17H17N3O. The number of para-hydroxylation sites is 1. The summed E-state index contributed by atoms with van der Waals surface area (Å²) in [5, 5.41) is 4.51. The van der Waals surface area contributed by atoms with E-state index in [9.17, 15) is 0 Å². The van der Waals surface area contributed by atoms with E-state index in [4.69, 9.17) is 10.5 Å². The van der Waals surface area contributed by atoms with Gasteiger partial charge in [0.05, 0.1) is 5.69 Å². The summed E-state index contributed by atoms with van der Waals surface area (Å²) in [5.74, 6) is 0.812. The summed E-state index contributed by atoms with van der Waals surface area (Å²) in [6.07, 6.45) is 1.93. The van der Waals surface area contributed by atoms with Gasteiger partial charge >= 0.3 is 0 Å². The second-order valence-electron chi connectivity index (χ2n) is 4.73. The van der Waals surface area contributed by atoms with Gasteiger partial charge in [-0.2, -0.15) is 5.10 Å². The number of rotatable bonds is 5. The van der Waals surface area contributed by atoms with Crippen LogP contribution in [0.25, 0.3) is 5.69 Å². The highest BCUT2D eigenvalue weighted by Crippen LogP contribution is 2.15. The number of aromatic nitrogens is 2. The largest absolute Gasteiger partial charge is 0.487 e. The molecule has 0 atom stereocenters. The molecule has 0 aliphatic rings. The fraction of sp³-hybridized carbons (Fsp3) is 0.118. The predicted octanol–water partition coefficient (Wildman–Crippen LogP) is 2.91. The van der Waals surface area contributed by atoms with Crippen molar-refractivity contribution in [3.63, 3.8) is 0 Å². The second kappa shape index (κ2) is 6.24. The second-order valence-corrected chi connectivity index (χ2v) is 4.73. The number of ether oxygens (including phenoxy) is 1. The molecule has 0 spiro atoms. The molecule has 0 saturated carbocycles. The van der Waals surface area contributed by atoms with Gasteiger partial charge in [-0.1, -0.05) is 30.3 Å². The molecule has 0 aliphatic carbocycles. The van der Waals surface area contributed by atoms with Crippen LogP contribution in [0.1, 0.15) is 11.3 Å². The van der Waals surface area contributed by atoms with Gasteiger partial charge in [0.1, 0.15) is 18.1 Å². The van der Waals surface area contributed by atoms with Crippen molar-refractivity contribution in [2.45, 2.75) is 13.2 Å². The van der Waals surface area contributed by atoms with Gasteiger partial charge in [0, 0.05) is 12.7 Å². The Balaban J connectivity index is 1.67. The Labute approximate surface area is 123 Å². The third kappa shape index (κ3) is 3.30. The molecule has 2 N–H and O–H groups in total. The van der Waals surface area contributed by atoms with E-state index in [-0.39, 0.29) is 0 Å². The normalized spacial score (nSPS) is 10.5. The summed E-state index contributed by atoms with van der Waals surface area (Å²) in [4.78, 5) is 0. The molecule has 3 aromatic rings. The van der Waals surface area contributed by atoms with Gasteiger partial charge in [-0.25, -0.2) is 4.68 Å². The number of hydrogen-bond acceptors (Lipinski definition) is 3.